The van der Waals surface area contributed by atoms with Crippen molar-refractivity contribution in [3.63, 3.8) is 0 Å². The van der Waals surface area contributed by atoms with Crippen LogP contribution in [0.1, 0.15) is 19.4 Å². The Labute approximate surface area is 129 Å². The SMILES string of the molecule is CCN(CC)c1ccc(Nc2cc(C)c(Br)cn2)cc1. The molecule has 0 aliphatic carbocycles. The summed E-state index contributed by atoms with van der Waals surface area (Å²) in [7, 11) is 0. The van der Waals surface area contributed by atoms with Crippen LogP contribution in [0.25, 0.3) is 0 Å². The van der Waals surface area contributed by atoms with Crippen LogP contribution in [0.5, 0.6) is 0 Å². The number of anilines is 3. The number of pyridine rings is 1. The number of hydrogen-bond acceptors (Lipinski definition) is 3. The summed E-state index contributed by atoms with van der Waals surface area (Å²) in [5.41, 5.74) is 3.47. The molecule has 1 aromatic carbocycles. The highest BCUT2D eigenvalue weighted by atomic mass is 79.9. The van der Waals surface area contributed by atoms with Gasteiger partial charge in [0.1, 0.15) is 5.82 Å². The molecule has 1 heterocycles. The molecule has 0 unspecified atom stereocenters. The second-order valence-electron chi connectivity index (χ2n) is 4.66. The molecule has 20 heavy (non-hydrogen) atoms. The highest BCUT2D eigenvalue weighted by Crippen LogP contribution is 2.22. The number of benzene rings is 1. The van der Waals surface area contributed by atoms with E-state index >= 15 is 0 Å². The second kappa shape index (κ2) is 6.75. The maximum absolute atomic E-state index is 4.36. The Morgan fingerprint density at radius 1 is 1.15 bits per heavy atom. The van der Waals surface area contributed by atoms with Crippen molar-refractivity contribution >= 4 is 33.1 Å². The predicted octanol–water partition coefficient (Wildman–Crippen LogP) is 4.74. The van der Waals surface area contributed by atoms with Gasteiger partial charge in [0, 0.05) is 35.1 Å². The fourth-order valence-electron chi connectivity index (χ4n) is 2.10. The van der Waals surface area contributed by atoms with E-state index < -0.39 is 0 Å². The normalized spacial score (nSPS) is 10.4. The average Bonchev–Trinajstić information content (AvgIpc) is 2.46. The molecule has 0 saturated carbocycles. The van der Waals surface area contributed by atoms with E-state index in [1.54, 1.807) is 0 Å². The molecule has 0 aliphatic heterocycles. The molecule has 2 rings (SSSR count). The van der Waals surface area contributed by atoms with Crippen molar-refractivity contribution in [2.24, 2.45) is 0 Å². The van der Waals surface area contributed by atoms with Crippen molar-refractivity contribution < 1.29 is 0 Å². The van der Waals surface area contributed by atoms with Crippen molar-refractivity contribution in [2.75, 3.05) is 23.3 Å². The molecular formula is C16H20BrN3. The quantitative estimate of drug-likeness (QED) is 0.856. The van der Waals surface area contributed by atoms with Gasteiger partial charge in [-0.15, -0.1) is 0 Å². The van der Waals surface area contributed by atoms with Crippen LogP contribution in [0, 0.1) is 6.92 Å². The molecule has 0 aliphatic rings. The highest BCUT2D eigenvalue weighted by Gasteiger charge is 2.03. The first kappa shape index (κ1) is 14.9. The van der Waals surface area contributed by atoms with Gasteiger partial charge in [0.05, 0.1) is 0 Å². The molecule has 0 fully saturated rings. The van der Waals surface area contributed by atoms with Crippen LogP contribution in [0.3, 0.4) is 0 Å². The molecule has 2 aromatic rings. The predicted molar refractivity (Wildman–Crippen MR) is 90.0 cm³/mol. The Kier molecular flexibility index (Phi) is 5.01. The van der Waals surface area contributed by atoms with E-state index in [4.69, 9.17) is 0 Å². The zero-order valence-corrected chi connectivity index (χ0v) is 13.7. The largest absolute Gasteiger partial charge is 0.372 e. The molecule has 0 saturated heterocycles. The Morgan fingerprint density at radius 2 is 1.80 bits per heavy atom. The number of aryl methyl sites for hydroxylation is 1. The molecule has 1 N–H and O–H groups in total. The maximum atomic E-state index is 4.36. The van der Waals surface area contributed by atoms with Gasteiger partial charge in [-0.2, -0.15) is 0 Å². The number of hydrogen-bond donors (Lipinski definition) is 1. The zero-order valence-electron chi connectivity index (χ0n) is 12.2. The minimum Gasteiger partial charge on any atom is -0.372 e. The Balaban J connectivity index is 2.12. The fourth-order valence-corrected chi connectivity index (χ4v) is 2.32. The lowest BCUT2D eigenvalue weighted by Crippen LogP contribution is -2.21. The maximum Gasteiger partial charge on any atom is 0.130 e. The molecule has 4 heteroatoms. The van der Waals surface area contributed by atoms with E-state index in [9.17, 15) is 0 Å². The van der Waals surface area contributed by atoms with Gasteiger partial charge in [-0.1, -0.05) is 0 Å². The first-order valence-electron chi connectivity index (χ1n) is 6.88. The minimum absolute atomic E-state index is 0.862. The lowest BCUT2D eigenvalue weighted by Gasteiger charge is -2.21. The van der Waals surface area contributed by atoms with E-state index in [2.05, 4.69) is 76.2 Å². The molecule has 3 nitrogen and oxygen atoms in total. The van der Waals surface area contributed by atoms with Gasteiger partial charge in [-0.25, -0.2) is 4.98 Å². The number of halogens is 1. The minimum atomic E-state index is 0.862. The number of aromatic nitrogens is 1. The average molecular weight is 334 g/mol. The van der Waals surface area contributed by atoms with E-state index in [-0.39, 0.29) is 0 Å². The number of nitrogens with one attached hydrogen (secondary N) is 1. The third-order valence-electron chi connectivity index (χ3n) is 3.32. The van der Waals surface area contributed by atoms with E-state index in [0.29, 0.717) is 0 Å². The highest BCUT2D eigenvalue weighted by molar-refractivity contribution is 9.10. The standard InChI is InChI=1S/C16H20BrN3/c1-4-20(5-2)14-8-6-13(7-9-14)19-16-10-12(3)15(17)11-18-16/h6-11H,4-5H2,1-3H3,(H,18,19). The van der Waals surface area contributed by atoms with Gasteiger partial charge < -0.3 is 10.2 Å². The van der Waals surface area contributed by atoms with E-state index in [1.807, 2.05) is 12.3 Å². The van der Waals surface area contributed by atoms with Crippen LogP contribution >= 0.6 is 15.9 Å². The summed E-state index contributed by atoms with van der Waals surface area (Å²) in [4.78, 5) is 6.68. The van der Waals surface area contributed by atoms with Crippen LogP contribution < -0.4 is 10.2 Å². The third-order valence-corrected chi connectivity index (χ3v) is 4.15. The van der Waals surface area contributed by atoms with Crippen molar-refractivity contribution in [3.05, 3.63) is 46.6 Å². The number of nitrogens with zero attached hydrogens (tertiary/aromatic N) is 2. The smallest absolute Gasteiger partial charge is 0.130 e. The van der Waals surface area contributed by atoms with Crippen molar-refractivity contribution in [3.8, 4) is 0 Å². The van der Waals surface area contributed by atoms with Crippen molar-refractivity contribution in [1.82, 2.24) is 4.98 Å². The molecule has 0 bridgehead atoms. The van der Waals surface area contributed by atoms with Crippen LogP contribution in [0.4, 0.5) is 17.2 Å². The Morgan fingerprint density at radius 3 is 2.35 bits per heavy atom. The first-order valence-corrected chi connectivity index (χ1v) is 7.67. The number of rotatable bonds is 5. The fraction of sp³-hybridized carbons (Fsp3) is 0.312. The van der Waals surface area contributed by atoms with Gasteiger partial charge in [0.15, 0.2) is 0 Å². The van der Waals surface area contributed by atoms with Gasteiger partial charge in [-0.3, -0.25) is 0 Å². The summed E-state index contributed by atoms with van der Waals surface area (Å²) in [5, 5.41) is 3.32. The van der Waals surface area contributed by atoms with Crippen LogP contribution in [-0.2, 0) is 0 Å². The Hall–Kier alpha value is -1.55. The molecule has 0 radical (unpaired) electrons. The summed E-state index contributed by atoms with van der Waals surface area (Å²) >= 11 is 3.46. The summed E-state index contributed by atoms with van der Waals surface area (Å²) in [6, 6.07) is 10.5. The monoisotopic (exact) mass is 333 g/mol. The molecule has 106 valence electrons. The lowest BCUT2D eigenvalue weighted by molar-refractivity contribution is 0.866. The van der Waals surface area contributed by atoms with Gasteiger partial charge in [-0.05, 0) is 72.6 Å². The van der Waals surface area contributed by atoms with Gasteiger partial charge >= 0.3 is 0 Å². The van der Waals surface area contributed by atoms with Gasteiger partial charge in [0.25, 0.3) is 0 Å². The van der Waals surface area contributed by atoms with Gasteiger partial charge in [0.2, 0.25) is 0 Å². The first-order chi connectivity index (χ1) is 9.63. The molecule has 1 aromatic heterocycles. The second-order valence-corrected chi connectivity index (χ2v) is 5.52. The Bertz CT molecular complexity index is 562. The molecule has 0 atom stereocenters. The molecular weight excluding hydrogens is 314 g/mol. The third kappa shape index (κ3) is 3.51. The summed E-state index contributed by atoms with van der Waals surface area (Å²) < 4.78 is 1.03. The zero-order chi connectivity index (χ0) is 14.5. The van der Waals surface area contributed by atoms with Crippen LogP contribution in [-0.4, -0.2) is 18.1 Å². The summed E-state index contributed by atoms with van der Waals surface area (Å²) in [5.74, 6) is 0.862. The van der Waals surface area contributed by atoms with Crippen LogP contribution in [0.15, 0.2) is 41.0 Å². The lowest BCUT2D eigenvalue weighted by atomic mass is 10.2. The van der Waals surface area contributed by atoms with E-state index in [1.165, 1.54) is 11.3 Å². The van der Waals surface area contributed by atoms with Crippen LogP contribution in [0.2, 0.25) is 0 Å². The van der Waals surface area contributed by atoms with E-state index in [0.717, 1.165) is 29.1 Å². The summed E-state index contributed by atoms with van der Waals surface area (Å²) in [6.07, 6.45) is 1.82. The molecule has 0 spiro atoms. The van der Waals surface area contributed by atoms with Crippen molar-refractivity contribution in [1.29, 1.82) is 0 Å². The summed E-state index contributed by atoms with van der Waals surface area (Å²) in [6.45, 7) is 8.45. The topological polar surface area (TPSA) is 28.2 Å². The molecule has 0 amide bonds. The van der Waals surface area contributed by atoms with Crippen molar-refractivity contribution in [2.45, 2.75) is 20.8 Å².